The zero-order valence-electron chi connectivity index (χ0n) is 11.3. The Hall–Kier alpha value is -0.660. The first kappa shape index (κ1) is 16.2. The summed E-state index contributed by atoms with van der Waals surface area (Å²) in [5, 5.41) is 11.4. The average molecular weight is 388 g/mol. The lowest BCUT2D eigenvalue weighted by Crippen LogP contribution is -1.86. The number of thiophene rings is 1. The van der Waals surface area contributed by atoms with Gasteiger partial charge in [0, 0.05) is 21.4 Å². The molecule has 0 amide bonds. The van der Waals surface area contributed by atoms with E-state index in [1.807, 2.05) is 29.6 Å². The van der Waals surface area contributed by atoms with Crippen molar-refractivity contribution in [2.75, 3.05) is 11.5 Å². The molecule has 0 fully saturated rings. The molecular formula is C14H11Cl2N3S3. The Kier molecular flexibility index (Phi) is 5.71. The van der Waals surface area contributed by atoms with Crippen LogP contribution in [0.15, 0.2) is 45.8 Å². The highest BCUT2D eigenvalue weighted by molar-refractivity contribution is 8.02. The topological polar surface area (TPSA) is 41.6 Å². The summed E-state index contributed by atoms with van der Waals surface area (Å²) in [6.07, 6.45) is 0. The van der Waals surface area contributed by atoms with Crippen molar-refractivity contribution in [2.24, 2.45) is 0 Å². The van der Waals surface area contributed by atoms with Gasteiger partial charge in [-0.1, -0.05) is 41.0 Å². The van der Waals surface area contributed by atoms with Gasteiger partial charge in [0.2, 0.25) is 5.16 Å². The van der Waals surface area contributed by atoms with E-state index in [-0.39, 0.29) is 0 Å². The predicted octanol–water partition coefficient (Wildman–Crippen LogP) is 5.72. The number of aromatic nitrogens is 3. The van der Waals surface area contributed by atoms with Crippen molar-refractivity contribution in [1.29, 1.82) is 0 Å². The second kappa shape index (κ2) is 7.75. The van der Waals surface area contributed by atoms with Gasteiger partial charge in [-0.05, 0) is 29.6 Å². The van der Waals surface area contributed by atoms with Crippen LogP contribution >= 0.6 is 58.1 Å². The molecule has 0 aliphatic rings. The molecular weight excluding hydrogens is 377 g/mol. The van der Waals surface area contributed by atoms with Crippen molar-refractivity contribution in [3.63, 3.8) is 0 Å². The van der Waals surface area contributed by atoms with Crippen LogP contribution in [0.5, 0.6) is 0 Å². The molecule has 114 valence electrons. The Morgan fingerprint density at radius 1 is 1.14 bits per heavy atom. The molecule has 0 aliphatic heterocycles. The van der Waals surface area contributed by atoms with Crippen LogP contribution in [-0.4, -0.2) is 26.7 Å². The molecule has 22 heavy (non-hydrogen) atoms. The molecule has 1 N–H and O–H groups in total. The van der Waals surface area contributed by atoms with Crippen molar-refractivity contribution < 1.29 is 0 Å². The Morgan fingerprint density at radius 2 is 2.00 bits per heavy atom. The highest BCUT2D eigenvalue weighted by Crippen LogP contribution is 2.31. The highest BCUT2D eigenvalue weighted by Gasteiger charge is 2.07. The molecule has 0 unspecified atom stereocenters. The van der Waals surface area contributed by atoms with Crippen LogP contribution in [0.2, 0.25) is 10.0 Å². The summed E-state index contributed by atoms with van der Waals surface area (Å²) in [4.78, 5) is 6.58. The minimum absolute atomic E-state index is 0.703. The van der Waals surface area contributed by atoms with E-state index in [2.05, 4.69) is 15.2 Å². The van der Waals surface area contributed by atoms with Gasteiger partial charge in [-0.3, -0.25) is 5.10 Å². The number of halogens is 2. The van der Waals surface area contributed by atoms with Gasteiger partial charge in [0.05, 0.1) is 9.90 Å². The number of nitrogens with zero attached hydrogens (tertiary/aromatic N) is 2. The lowest BCUT2D eigenvalue weighted by molar-refractivity contribution is 0.974. The maximum atomic E-state index is 6.14. The third-order valence-corrected chi connectivity index (χ3v) is 6.40. The van der Waals surface area contributed by atoms with Crippen molar-refractivity contribution >= 4 is 58.1 Å². The maximum absolute atomic E-state index is 6.14. The Labute approximate surface area is 150 Å². The Morgan fingerprint density at radius 3 is 2.82 bits per heavy atom. The second-order valence-corrected chi connectivity index (χ2v) is 8.21. The SMILES string of the molecule is Clc1ccc(Cl)c(SCCSc2n[nH]c(-c3cccs3)n2)c1. The molecule has 3 nitrogen and oxygen atoms in total. The number of benzene rings is 1. The number of aromatic amines is 1. The predicted molar refractivity (Wildman–Crippen MR) is 97.6 cm³/mol. The van der Waals surface area contributed by atoms with E-state index >= 15 is 0 Å². The van der Waals surface area contributed by atoms with Crippen LogP contribution in [0.1, 0.15) is 0 Å². The normalized spacial score (nSPS) is 11.0. The van der Waals surface area contributed by atoms with Gasteiger partial charge < -0.3 is 0 Å². The van der Waals surface area contributed by atoms with Crippen molar-refractivity contribution in [2.45, 2.75) is 10.1 Å². The third-order valence-electron chi connectivity index (χ3n) is 2.68. The third kappa shape index (κ3) is 4.20. The Balaban J connectivity index is 1.50. The van der Waals surface area contributed by atoms with E-state index in [0.717, 1.165) is 37.3 Å². The van der Waals surface area contributed by atoms with Crippen molar-refractivity contribution in [3.8, 4) is 10.7 Å². The summed E-state index contributed by atoms with van der Waals surface area (Å²) >= 11 is 17.1. The lowest BCUT2D eigenvalue weighted by Gasteiger charge is -2.03. The molecule has 0 bridgehead atoms. The van der Waals surface area contributed by atoms with E-state index in [9.17, 15) is 0 Å². The summed E-state index contributed by atoms with van der Waals surface area (Å²) in [5.41, 5.74) is 0. The summed E-state index contributed by atoms with van der Waals surface area (Å²) < 4.78 is 0. The summed E-state index contributed by atoms with van der Waals surface area (Å²) in [6.45, 7) is 0. The van der Waals surface area contributed by atoms with Gasteiger partial charge >= 0.3 is 0 Å². The number of hydrogen-bond donors (Lipinski definition) is 1. The van der Waals surface area contributed by atoms with Crippen LogP contribution in [0.25, 0.3) is 10.7 Å². The highest BCUT2D eigenvalue weighted by atomic mass is 35.5. The van der Waals surface area contributed by atoms with Gasteiger partial charge in [-0.2, -0.15) is 0 Å². The molecule has 1 aromatic carbocycles. The summed E-state index contributed by atoms with van der Waals surface area (Å²) in [6, 6.07) is 9.53. The van der Waals surface area contributed by atoms with Gasteiger partial charge in [-0.25, -0.2) is 4.98 Å². The van der Waals surface area contributed by atoms with E-state index in [4.69, 9.17) is 23.2 Å². The van der Waals surface area contributed by atoms with Crippen LogP contribution in [-0.2, 0) is 0 Å². The molecule has 0 saturated heterocycles. The first-order chi connectivity index (χ1) is 10.7. The van der Waals surface area contributed by atoms with Crippen LogP contribution < -0.4 is 0 Å². The summed E-state index contributed by atoms with van der Waals surface area (Å²) in [7, 11) is 0. The molecule has 0 aliphatic carbocycles. The van der Waals surface area contributed by atoms with Crippen molar-refractivity contribution in [1.82, 2.24) is 15.2 Å². The zero-order valence-corrected chi connectivity index (χ0v) is 15.2. The Bertz CT molecular complexity index is 744. The fourth-order valence-corrected chi connectivity index (χ4v) is 4.64. The molecule has 2 aromatic heterocycles. The zero-order chi connectivity index (χ0) is 15.4. The van der Waals surface area contributed by atoms with Crippen LogP contribution in [0.4, 0.5) is 0 Å². The minimum atomic E-state index is 0.703. The first-order valence-electron chi connectivity index (χ1n) is 6.39. The summed E-state index contributed by atoms with van der Waals surface area (Å²) in [5.74, 6) is 2.63. The van der Waals surface area contributed by atoms with Crippen LogP contribution in [0, 0.1) is 0 Å². The van der Waals surface area contributed by atoms with Gasteiger partial charge in [0.1, 0.15) is 0 Å². The van der Waals surface area contributed by atoms with E-state index in [1.165, 1.54) is 0 Å². The average Bonchev–Trinajstić information content (AvgIpc) is 3.17. The number of rotatable bonds is 6. The molecule has 0 atom stereocenters. The van der Waals surface area contributed by atoms with Gasteiger partial charge in [-0.15, -0.1) is 28.2 Å². The molecule has 0 radical (unpaired) electrons. The van der Waals surface area contributed by atoms with E-state index < -0.39 is 0 Å². The number of hydrogen-bond acceptors (Lipinski definition) is 5. The van der Waals surface area contributed by atoms with Gasteiger partial charge in [0.15, 0.2) is 5.82 Å². The van der Waals surface area contributed by atoms with E-state index in [0.29, 0.717) is 5.02 Å². The number of H-pyrrole nitrogens is 1. The van der Waals surface area contributed by atoms with Crippen molar-refractivity contribution in [3.05, 3.63) is 45.8 Å². The molecule has 0 saturated carbocycles. The monoisotopic (exact) mass is 387 g/mol. The molecule has 3 rings (SSSR count). The van der Waals surface area contributed by atoms with Crippen LogP contribution in [0.3, 0.4) is 0 Å². The second-order valence-electron chi connectivity index (χ2n) is 4.22. The minimum Gasteiger partial charge on any atom is -0.257 e. The molecule has 3 aromatic rings. The standard InChI is InChI=1S/C14H11Cl2N3S3/c15-9-3-4-10(16)12(8-9)21-6-7-22-14-17-13(18-19-14)11-2-1-5-20-11/h1-5,8H,6-7H2,(H,17,18,19). The largest absolute Gasteiger partial charge is 0.257 e. The maximum Gasteiger partial charge on any atom is 0.208 e. The lowest BCUT2D eigenvalue weighted by atomic mass is 10.4. The number of nitrogens with one attached hydrogen (secondary N) is 1. The molecule has 0 spiro atoms. The molecule has 2 heterocycles. The fourth-order valence-electron chi connectivity index (χ4n) is 1.71. The fraction of sp³-hybridized carbons (Fsp3) is 0.143. The smallest absolute Gasteiger partial charge is 0.208 e. The first-order valence-corrected chi connectivity index (χ1v) is 10.00. The van der Waals surface area contributed by atoms with Gasteiger partial charge in [0.25, 0.3) is 0 Å². The quantitative estimate of drug-likeness (QED) is 0.433. The number of thioether (sulfide) groups is 2. The van der Waals surface area contributed by atoms with E-state index in [1.54, 1.807) is 40.9 Å². The molecule has 8 heteroatoms.